The van der Waals surface area contributed by atoms with Gasteiger partial charge >= 0.3 is 0 Å². The third-order valence-electron chi connectivity index (χ3n) is 9.77. The standard InChI is InChI=1S/C45H25N3O2S/c1-2-11-26(12-3-1)43-46-44(48-45(47-43)35-20-10-18-33-30-14-5-7-22-39(30)51-42(33)35)34-19-9-17-32-31-16-8-15-28(40(31)50-41(32)34)27-23-24-38-36(25-27)29-13-4-6-21-37(29)49-38/h1-25H. The first-order chi connectivity index (χ1) is 25.3. The van der Waals surface area contributed by atoms with E-state index in [-0.39, 0.29) is 0 Å². The molecule has 0 aliphatic carbocycles. The number of hydrogen-bond donors (Lipinski definition) is 0. The van der Waals surface area contributed by atoms with Crippen molar-refractivity contribution in [2.45, 2.75) is 0 Å². The number of benzene rings is 7. The Labute approximate surface area is 295 Å². The van der Waals surface area contributed by atoms with E-state index in [1.165, 1.54) is 15.5 Å². The van der Waals surface area contributed by atoms with E-state index in [1.54, 1.807) is 11.3 Å². The predicted octanol–water partition coefficient (Wildman–Crippen LogP) is 12.7. The lowest BCUT2D eigenvalue weighted by Crippen LogP contribution is -2.00. The van der Waals surface area contributed by atoms with Crippen molar-refractivity contribution in [1.29, 1.82) is 0 Å². The van der Waals surface area contributed by atoms with Gasteiger partial charge in [-0.05, 0) is 42.0 Å². The quantitative estimate of drug-likeness (QED) is 0.186. The summed E-state index contributed by atoms with van der Waals surface area (Å²) in [6.45, 7) is 0. The highest BCUT2D eigenvalue weighted by molar-refractivity contribution is 7.26. The van der Waals surface area contributed by atoms with Crippen molar-refractivity contribution < 1.29 is 8.83 Å². The minimum atomic E-state index is 0.564. The van der Waals surface area contributed by atoms with Crippen molar-refractivity contribution in [2.24, 2.45) is 0 Å². The maximum atomic E-state index is 6.88. The maximum Gasteiger partial charge on any atom is 0.167 e. The van der Waals surface area contributed by atoms with E-state index in [4.69, 9.17) is 23.8 Å². The number of rotatable bonds is 4. The van der Waals surface area contributed by atoms with Gasteiger partial charge in [0.1, 0.15) is 22.3 Å². The van der Waals surface area contributed by atoms with Crippen molar-refractivity contribution >= 4 is 75.4 Å². The van der Waals surface area contributed by atoms with Crippen LogP contribution in [0.2, 0.25) is 0 Å². The highest BCUT2D eigenvalue weighted by Gasteiger charge is 2.21. The second kappa shape index (κ2) is 10.9. The number of aromatic nitrogens is 3. The van der Waals surface area contributed by atoms with Crippen molar-refractivity contribution in [3.63, 3.8) is 0 Å². The van der Waals surface area contributed by atoms with Crippen LogP contribution in [0.15, 0.2) is 160 Å². The topological polar surface area (TPSA) is 65.0 Å². The largest absolute Gasteiger partial charge is 0.456 e. The Bertz CT molecular complexity index is 3160. The molecule has 7 aromatic carbocycles. The molecule has 0 atom stereocenters. The average molecular weight is 672 g/mol. The predicted molar refractivity (Wildman–Crippen MR) is 209 cm³/mol. The van der Waals surface area contributed by atoms with Gasteiger partial charge in [0.25, 0.3) is 0 Å². The van der Waals surface area contributed by atoms with Gasteiger partial charge in [-0.15, -0.1) is 11.3 Å². The zero-order valence-electron chi connectivity index (χ0n) is 27.0. The lowest BCUT2D eigenvalue weighted by molar-refractivity contribution is 0.668. The Hall–Kier alpha value is -6.63. The summed E-state index contributed by atoms with van der Waals surface area (Å²) in [5.41, 5.74) is 8.10. The third kappa shape index (κ3) is 4.37. The van der Waals surface area contributed by atoms with Gasteiger partial charge in [0.05, 0.1) is 5.56 Å². The van der Waals surface area contributed by atoms with Crippen LogP contribution in [-0.2, 0) is 0 Å². The van der Waals surface area contributed by atoms with Crippen LogP contribution >= 0.6 is 11.3 Å². The number of hydrogen-bond acceptors (Lipinski definition) is 6. The molecule has 4 aromatic heterocycles. The molecule has 5 nitrogen and oxygen atoms in total. The van der Waals surface area contributed by atoms with E-state index in [2.05, 4.69) is 91.0 Å². The molecule has 0 amide bonds. The summed E-state index contributed by atoms with van der Waals surface area (Å²) in [4.78, 5) is 15.4. The van der Waals surface area contributed by atoms with Crippen LogP contribution in [-0.4, -0.2) is 15.0 Å². The first-order valence-electron chi connectivity index (χ1n) is 16.9. The van der Waals surface area contributed by atoms with E-state index in [0.717, 1.165) is 76.4 Å². The van der Waals surface area contributed by atoms with E-state index < -0.39 is 0 Å². The molecule has 51 heavy (non-hydrogen) atoms. The maximum absolute atomic E-state index is 6.88. The summed E-state index contributed by atoms with van der Waals surface area (Å²) in [5, 5.41) is 6.66. The van der Waals surface area contributed by atoms with Crippen molar-refractivity contribution in [2.75, 3.05) is 0 Å². The normalized spacial score (nSPS) is 11.9. The van der Waals surface area contributed by atoms with Crippen LogP contribution in [0.1, 0.15) is 0 Å². The monoisotopic (exact) mass is 671 g/mol. The number of para-hydroxylation sites is 3. The van der Waals surface area contributed by atoms with Crippen LogP contribution < -0.4 is 0 Å². The highest BCUT2D eigenvalue weighted by Crippen LogP contribution is 2.43. The van der Waals surface area contributed by atoms with Crippen molar-refractivity contribution in [3.8, 4) is 45.3 Å². The van der Waals surface area contributed by atoms with Gasteiger partial charge in [0.15, 0.2) is 17.5 Å². The molecule has 0 aliphatic heterocycles. The first-order valence-corrected chi connectivity index (χ1v) is 17.7. The van der Waals surface area contributed by atoms with E-state index in [1.807, 2.05) is 60.7 Å². The molecule has 0 bridgehead atoms. The van der Waals surface area contributed by atoms with E-state index >= 15 is 0 Å². The first kappa shape index (κ1) is 28.2. The van der Waals surface area contributed by atoms with Gasteiger partial charge in [-0.3, -0.25) is 0 Å². The van der Waals surface area contributed by atoms with Crippen molar-refractivity contribution in [1.82, 2.24) is 15.0 Å². The summed E-state index contributed by atoms with van der Waals surface area (Å²) >= 11 is 1.77. The number of thiophene rings is 1. The minimum absolute atomic E-state index is 0.564. The van der Waals surface area contributed by atoms with Crippen LogP contribution in [0.4, 0.5) is 0 Å². The molecule has 0 saturated heterocycles. The van der Waals surface area contributed by atoms with Gasteiger partial charge in [-0.25, -0.2) is 15.0 Å². The lowest BCUT2D eigenvalue weighted by atomic mass is 10.00. The Morgan fingerprint density at radius 2 is 0.980 bits per heavy atom. The van der Waals surface area contributed by atoms with E-state index in [0.29, 0.717) is 17.5 Å². The van der Waals surface area contributed by atoms with Gasteiger partial charge in [0.2, 0.25) is 0 Å². The Morgan fingerprint density at radius 3 is 1.82 bits per heavy atom. The molecule has 0 radical (unpaired) electrons. The number of nitrogens with zero attached hydrogens (tertiary/aromatic N) is 3. The lowest BCUT2D eigenvalue weighted by Gasteiger charge is -2.09. The van der Waals surface area contributed by atoms with Crippen LogP contribution in [0, 0.1) is 0 Å². The number of furan rings is 2. The molecule has 6 heteroatoms. The fourth-order valence-electron chi connectivity index (χ4n) is 7.37. The SMILES string of the molecule is c1ccc(-c2nc(-c3cccc4c3oc3c(-c5ccc6oc7ccccc7c6c5)cccc34)nc(-c3cccc4c3sc3ccccc34)n2)cc1. The fourth-order valence-corrected chi connectivity index (χ4v) is 8.59. The summed E-state index contributed by atoms with van der Waals surface area (Å²) in [6, 6.07) is 52.1. The molecular formula is C45H25N3O2S. The van der Waals surface area contributed by atoms with Gasteiger partial charge in [-0.2, -0.15) is 0 Å². The molecule has 11 rings (SSSR count). The zero-order chi connectivity index (χ0) is 33.5. The van der Waals surface area contributed by atoms with Gasteiger partial charge < -0.3 is 8.83 Å². The Morgan fingerprint density at radius 1 is 0.373 bits per heavy atom. The second-order valence-electron chi connectivity index (χ2n) is 12.7. The van der Waals surface area contributed by atoms with E-state index in [9.17, 15) is 0 Å². The molecular weight excluding hydrogens is 647 g/mol. The molecule has 0 spiro atoms. The molecule has 0 N–H and O–H groups in total. The van der Waals surface area contributed by atoms with Crippen LogP contribution in [0.25, 0.3) is 109 Å². The van der Waals surface area contributed by atoms with Gasteiger partial charge in [0, 0.05) is 58.4 Å². The molecule has 0 unspecified atom stereocenters. The van der Waals surface area contributed by atoms with Gasteiger partial charge in [-0.1, -0.05) is 115 Å². The number of fused-ring (bicyclic) bond motifs is 9. The molecule has 0 fully saturated rings. The molecule has 4 heterocycles. The summed E-state index contributed by atoms with van der Waals surface area (Å²) < 4.78 is 15.4. The summed E-state index contributed by atoms with van der Waals surface area (Å²) in [5.74, 6) is 1.81. The fraction of sp³-hybridized carbons (Fsp3) is 0. The van der Waals surface area contributed by atoms with Crippen LogP contribution in [0.5, 0.6) is 0 Å². The Kier molecular flexibility index (Phi) is 6.05. The molecule has 11 aromatic rings. The second-order valence-corrected chi connectivity index (χ2v) is 13.8. The summed E-state index contributed by atoms with van der Waals surface area (Å²) in [7, 11) is 0. The summed E-state index contributed by atoms with van der Waals surface area (Å²) in [6.07, 6.45) is 0. The van der Waals surface area contributed by atoms with Crippen LogP contribution in [0.3, 0.4) is 0 Å². The highest BCUT2D eigenvalue weighted by atomic mass is 32.1. The van der Waals surface area contributed by atoms with Crippen molar-refractivity contribution in [3.05, 3.63) is 152 Å². The third-order valence-corrected chi connectivity index (χ3v) is 11.0. The average Bonchev–Trinajstić information content (AvgIpc) is 3.89. The minimum Gasteiger partial charge on any atom is -0.456 e. The zero-order valence-corrected chi connectivity index (χ0v) is 27.8. The Balaban J connectivity index is 1.13. The molecule has 0 aliphatic rings. The smallest absolute Gasteiger partial charge is 0.167 e. The molecule has 238 valence electrons. The molecule has 0 saturated carbocycles.